The van der Waals surface area contributed by atoms with E-state index in [1.807, 2.05) is 20.8 Å². The molecule has 1 aliphatic rings. The third-order valence-electron chi connectivity index (χ3n) is 2.31. The highest BCUT2D eigenvalue weighted by Crippen LogP contribution is 2.20. The highest BCUT2D eigenvalue weighted by atomic mass is 16.2. The zero-order valence-corrected chi connectivity index (χ0v) is 9.29. The lowest BCUT2D eigenvalue weighted by molar-refractivity contribution is 0.0941. The number of hydrogen-bond donors (Lipinski definition) is 2. The molecule has 5 nitrogen and oxygen atoms in total. The Morgan fingerprint density at radius 1 is 1.47 bits per heavy atom. The average Bonchev–Trinajstić information content (AvgIpc) is 2.80. The van der Waals surface area contributed by atoms with Crippen LogP contribution < -0.4 is 5.32 Å². The molecule has 5 heteroatoms. The number of rotatable bonds is 2. The van der Waals surface area contributed by atoms with Crippen LogP contribution in [0.3, 0.4) is 0 Å². The first-order valence-corrected chi connectivity index (χ1v) is 5.20. The van der Waals surface area contributed by atoms with Crippen molar-refractivity contribution in [2.45, 2.75) is 45.1 Å². The van der Waals surface area contributed by atoms with Crippen molar-refractivity contribution in [1.82, 2.24) is 20.5 Å². The van der Waals surface area contributed by atoms with E-state index in [9.17, 15) is 4.79 Å². The quantitative estimate of drug-likeness (QED) is 0.761. The van der Waals surface area contributed by atoms with Crippen molar-refractivity contribution in [3.63, 3.8) is 0 Å². The minimum absolute atomic E-state index is 0.106. The zero-order valence-electron chi connectivity index (χ0n) is 9.29. The average molecular weight is 208 g/mol. The van der Waals surface area contributed by atoms with Gasteiger partial charge >= 0.3 is 0 Å². The number of nitrogens with one attached hydrogen (secondary N) is 2. The first-order valence-electron chi connectivity index (χ1n) is 5.20. The van der Waals surface area contributed by atoms with E-state index in [1.54, 1.807) is 0 Å². The van der Waals surface area contributed by atoms with Crippen LogP contribution in [0, 0.1) is 0 Å². The molecule has 1 heterocycles. The molecule has 15 heavy (non-hydrogen) atoms. The van der Waals surface area contributed by atoms with E-state index in [2.05, 4.69) is 20.5 Å². The zero-order chi connectivity index (χ0) is 11.1. The molecule has 1 fully saturated rings. The smallest absolute Gasteiger partial charge is 0.291 e. The molecule has 1 aromatic rings. The molecule has 1 saturated carbocycles. The van der Waals surface area contributed by atoms with Gasteiger partial charge in [-0.15, -0.1) is 5.10 Å². The molecule has 0 radical (unpaired) electrons. The molecule has 0 bridgehead atoms. The number of nitrogens with zero attached hydrogens (tertiary/aromatic N) is 2. The lowest BCUT2D eigenvalue weighted by Gasteiger charge is -2.12. The van der Waals surface area contributed by atoms with E-state index < -0.39 is 0 Å². The molecule has 0 aliphatic heterocycles. The standard InChI is InChI=1S/C10H16N4O/c1-10(2,3)9-12-7(13-14-9)8(15)11-6-4-5-6/h6H,4-5H2,1-3H3,(H,11,15)(H,12,13,14). The summed E-state index contributed by atoms with van der Waals surface area (Å²) in [6.45, 7) is 6.07. The number of amides is 1. The summed E-state index contributed by atoms with van der Waals surface area (Å²) in [6, 6.07) is 0.342. The summed E-state index contributed by atoms with van der Waals surface area (Å²) in [5, 5.41) is 9.56. The molecule has 2 N–H and O–H groups in total. The molecule has 1 amide bonds. The summed E-state index contributed by atoms with van der Waals surface area (Å²) in [5.41, 5.74) is -0.106. The Morgan fingerprint density at radius 2 is 2.13 bits per heavy atom. The van der Waals surface area contributed by atoms with Crippen molar-refractivity contribution in [1.29, 1.82) is 0 Å². The molecular weight excluding hydrogens is 192 g/mol. The number of H-pyrrole nitrogens is 1. The lowest BCUT2D eigenvalue weighted by Crippen LogP contribution is -2.26. The highest BCUT2D eigenvalue weighted by molar-refractivity contribution is 5.90. The topological polar surface area (TPSA) is 70.7 Å². The Hall–Kier alpha value is -1.39. The largest absolute Gasteiger partial charge is 0.347 e. The van der Waals surface area contributed by atoms with Crippen LogP contribution in [0.4, 0.5) is 0 Å². The summed E-state index contributed by atoms with van der Waals surface area (Å²) < 4.78 is 0. The maximum atomic E-state index is 11.6. The van der Waals surface area contributed by atoms with E-state index >= 15 is 0 Å². The minimum atomic E-state index is -0.177. The van der Waals surface area contributed by atoms with E-state index in [0.717, 1.165) is 18.7 Å². The Labute approximate surface area is 88.7 Å². The minimum Gasteiger partial charge on any atom is -0.347 e. The van der Waals surface area contributed by atoms with Crippen molar-refractivity contribution in [3.8, 4) is 0 Å². The number of aromatic nitrogens is 3. The van der Waals surface area contributed by atoms with Gasteiger partial charge in [0.15, 0.2) is 0 Å². The van der Waals surface area contributed by atoms with Gasteiger partial charge in [-0.1, -0.05) is 20.8 Å². The van der Waals surface area contributed by atoms with Crippen LogP contribution >= 0.6 is 0 Å². The predicted octanol–water partition coefficient (Wildman–Crippen LogP) is 0.994. The first kappa shape index (κ1) is 10.1. The molecular formula is C10H16N4O. The first-order chi connectivity index (χ1) is 6.97. The Kier molecular flexibility index (Phi) is 2.25. The molecule has 2 rings (SSSR count). The van der Waals surface area contributed by atoms with Crippen LogP contribution in [-0.2, 0) is 5.41 Å². The second-order valence-corrected chi connectivity index (χ2v) is 5.01. The molecule has 0 spiro atoms. The van der Waals surface area contributed by atoms with Crippen molar-refractivity contribution >= 4 is 5.91 Å². The van der Waals surface area contributed by atoms with E-state index in [0.29, 0.717) is 6.04 Å². The fraction of sp³-hybridized carbons (Fsp3) is 0.700. The second-order valence-electron chi connectivity index (χ2n) is 5.01. The maximum absolute atomic E-state index is 11.6. The molecule has 1 aromatic heterocycles. The fourth-order valence-corrected chi connectivity index (χ4v) is 1.18. The van der Waals surface area contributed by atoms with Crippen molar-refractivity contribution in [2.75, 3.05) is 0 Å². The summed E-state index contributed by atoms with van der Waals surface area (Å²) in [4.78, 5) is 15.8. The molecule has 0 aromatic carbocycles. The summed E-state index contributed by atoms with van der Waals surface area (Å²) >= 11 is 0. The van der Waals surface area contributed by atoms with Gasteiger partial charge in [0.25, 0.3) is 5.91 Å². The van der Waals surface area contributed by atoms with Gasteiger partial charge < -0.3 is 5.32 Å². The Morgan fingerprint density at radius 3 is 2.60 bits per heavy atom. The van der Waals surface area contributed by atoms with Crippen molar-refractivity contribution in [2.24, 2.45) is 0 Å². The molecule has 0 unspecified atom stereocenters. The maximum Gasteiger partial charge on any atom is 0.291 e. The SMILES string of the molecule is CC(C)(C)c1nc(C(=O)NC2CC2)n[nH]1. The Bertz CT molecular complexity index is 373. The highest BCUT2D eigenvalue weighted by Gasteiger charge is 2.26. The summed E-state index contributed by atoms with van der Waals surface area (Å²) in [7, 11) is 0. The third kappa shape index (κ3) is 2.34. The van der Waals surface area contributed by atoms with E-state index in [1.165, 1.54) is 0 Å². The van der Waals surface area contributed by atoms with Crippen LogP contribution in [0.25, 0.3) is 0 Å². The summed E-state index contributed by atoms with van der Waals surface area (Å²) in [5.74, 6) is 0.805. The number of aromatic amines is 1. The van der Waals surface area contributed by atoms with E-state index in [4.69, 9.17) is 0 Å². The van der Waals surface area contributed by atoms with Gasteiger partial charge in [-0.2, -0.15) is 0 Å². The van der Waals surface area contributed by atoms with Crippen LogP contribution in [0.2, 0.25) is 0 Å². The molecule has 0 atom stereocenters. The number of carbonyl (C=O) groups is 1. The van der Waals surface area contributed by atoms with Crippen LogP contribution in [0.1, 0.15) is 50.1 Å². The van der Waals surface area contributed by atoms with Gasteiger partial charge in [0.2, 0.25) is 5.82 Å². The third-order valence-corrected chi connectivity index (χ3v) is 2.31. The van der Waals surface area contributed by atoms with Gasteiger partial charge in [0.05, 0.1) is 0 Å². The molecule has 1 aliphatic carbocycles. The predicted molar refractivity (Wildman–Crippen MR) is 55.6 cm³/mol. The monoisotopic (exact) mass is 208 g/mol. The molecule has 0 saturated heterocycles. The van der Waals surface area contributed by atoms with Gasteiger partial charge in [0.1, 0.15) is 5.82 Å². The lowest BCUT2D eigenvalue weighted by atomic mass is 9.96. The number of hydrogen-bond acceptors (Lipinski definition) is 3. The van der Waals surface area contributed by atoms with Crippen LogP contribution in [0.15, 0.2) is 0 Å². The number of carbonyl (C=O) groups excluding carboxylic acids is 1. The van der Waals surface area contributed by atoms with Gasteiger partial charge in [-0.05, 0) is 12.8 Å². The van der Waals surface area contributed by atoms with E-state index in [-0.39, 0.29) is 17.1 Å². The van der Waals surface area contributed by atoms with Gasteiger partial charge in [-0.25, -0.2) is 4.98 Å². The Balaban J connectivity index is 2.08. The van der Waals surface area contributed by atoms with Crippen LogP contribution in [0.5, 0.6) is 0 Å². The normalized spacial score (nSPS) is 16.5. The molecule has 82 valence electrons. The van der Waals surface area contributed by atoms with Crippen LogP contribution in [-0.4, -0.2) is 27.1 Å². The van der Waals surface area contributed by atoms with Gasteiger partial charge in [0, 0.05) is 11.5 Å². The van der Waals surface area contributed by atoms with Crippen molar-refractivity contribution < 1.29 is 4.79 Å². The summed E-state index contributed by atoms with van der Waals surface area (Å²) in [6.07, 6.45) is 2.14. The van der Waals surface area contributed by atoms with Gasteiger partial charge in [-0.3, -0.25) is 9.89 Å². The second kappa shape index (κ2) is 3.32. The van der Waals surface area contributed by atoms with Crippen molar-refractivity contribution in [3.05, 3.63) is 11.6 Å². The fourth-order valence-electron chi connectivity index (χ4n) is 1.18.